The molecule has 1 unspecified atom stereocenters. The number of carbonyl (C=O) groups is 2. The number of esters is 2. The van der Waals surface area contributed by atoms with Gasteiger partial charge in [0, 0.05) is 12.8 Å². The topological polar surface area (TPSA) is 108 Å². The zero-order chi connectivity index (χ0) is 26.6. The molecule has 0 rings (SSSR count). The van der Waals surface area contributed by atoms with Crippen molar-refractivity contribution in [1.82, 2.24) is 0 Å². The Hall–Kier alpha value is -0.990. The first kappa shape index (κ1) is 34.0. The normalized spacial score (nSPS) is 14.3. The van der Waals surface area contributed by atoms with Crippen LogP contribution in [0.2, 0.25) is 0 Å². The Labute approximate surface area is 213 Å². The summed E-state index contributed by atoms with van der Waals surface area (Å²) in [5.41, 5.74) is 0. The highest BCUT2D eigenvalue weighted by atomic mass is 31.2. The summed E-state index contributed by atoms with van der Waals surface area (Å²) in [6.45, 7) is 4.15. The average Bonchev–Trinajstić information content (AvgIpc) is 2.76. The highest BCUT2D eigenvalue weighted by Crippen LogP contribution is 2.43. The van der Waals surface area contributed by atoms with Crippen molar-refractivity contribution in [2.45, 2.75) is 103 Å². The molecule has 0 aromatic rings. The molecular formula is C25H51NO8P+. The Balaban J connectivity index is 4.49. The lowest BCUT2D eigenvalue weighted by atomic mass is 10.1. The molecule has 0 aliphatic rings. The van der Waals surface area contributed by atoms with E-state index >= 15 is 0 Å². The minimum absolute atomic E-state index is 0.0341. The van der Waals surface area contributed by atoms with Crippen LogP contribution >= 0.6 is 7.82 Å². The van der Waals surface area contributed by atoms with E-state index in [1.807, 2.05) is 28.1 Å². The summed E-state index contributed by atoms with van der Waals surface area (Å²) in [5, 5.41) is 0. The molecule has 35 heavy (non-hydrogen) atoms. The van der Waals surface area contributed by atoms with E-state index in [0.717, 1.165) is 32.1 Å². The maximum absolute atomic E-state index is 12.2. The van der Waals surface area contributed by atoms with Crippen LogP contribution in [0.25, 0.3) is 0 Å². The van der Waals surface area contributed by atoms with Gasteiger partial charge in [-0.1, -0.05) is 71.6 Å². The molecule has 0 radical (unpaired) electrons. The van der Waals surface area contributed by atoms with E-state index < -0.39 is 26.5 Å². The van der Waals surface area contributed by atoms with Gasteiger partial charge in [-0.3, -0.25) is 18.6 Å². The Morgan fingerprint density at radius 3 is 1.89 bits per heavy atom. The average molecular weight is 525 g/mol. The lowest BCUT2D eigenvalue weighted by Crippen LogP contribution is -2.37. The summed E-state index contributed by atoms with van der Waals surface area (Å²) in [4.78, 5) is 34.2. The second-order valence-electron chi connectivity index (χ2n) is 10.1. The Morgan fingerprint density at radius 2 is 1.29 bits per heavy atom. The van der Waals surface area contributed by atoms with Crippen molar-refractivity contribution >= 4 is 19.8 Å². The van der Waals surface area contributed by atoms with Gasteiger partial charge >= 0.3 is 19.8 Å². The van der Waals surface area contributed by atoms with Crippen LogP contribution in [0.15, 0.2) is 0 Å². The van der Waals surface area contributed by atoms with Gasteiger partial charge in [-0.15, -0.1) is 0 Å². The Morgan fingerprint density at radius 1 is 0.771 bits per heavy atom. The minimum Gasteiger partial charge on any atom is -0.462 e. The molecule has 0 aromatic heterocycles. The number of nitrogens with zero attached hydrogens (tertiary/aromatic N) is 1. The second-order valence-corrected chi connectivity index (χ2v) is 11.5. The zero-order valence-electron chi connectivity index (χ0n) is 22.8. The van der Waals surface area contributed by atoms with Crippen LogP contribution in [-0.4, -0.2) is 74.9 Å². The third-order valence-electron chi connectivity index (χ3n) is 5.39. The largest absolute Gasteiger partial charge is 0.472 e. The number of ether oxygens (including phenoxy) is 2. The van der Waals surface area contributed by atoms with Crippen molar-refractivity contribution in [3.05, 3.63) is 0 Å². The molecule has 1 N–H and O–H groups in total. The van der Waals surface area contributed by atoms with Gasteiger partial charge < -0.3 is 18.9 Å². The first-order valence-corrected chi connectivity index (χ1v) is 14.8. The fraction of sp³-hybridized carbons (Fsp3) is 0.920. The highest BCUT2D eigenvalue weighted by molar-refractivity contribution is 7.47. The number of phosphoric ester groups is 1. The Kier molecular flexibility index (Phi) is 19.5. The predicted octanol–water partition coefficient (Wildman–Crippen LogP) is 5.39. The van der Waals surface area contributed by atoms with Crippen molar-refractivity contribution in [3.8, 4) is 0 Å². The third-order valence-corrected chi connectivity index (χ3v) is 6.37. The molecule has 0 heterocycles. The summed E-state index contributed by atoms with van der Waals surface area (Å²) in [7, 11) is 1.47. The van der Waals surface area contributed by atoms with Crippen LogP contribution in [0.5, 0.6) is 0 Å². The molecule has 0 fully saturated rings. The van der Waals surface area contributed by atoms with Gasteiger partial charge in [0.25, 0.3) is 0 Å². The third kappa shape index (κ3) is 23.2. The van der Waals surface area contributed by atoms with Gasteiger partial charge in [-0.2, -0.15) is 0 Å². The van der Waals surface area contributed by atoms with E-state index in [0.29, 0.717) is 23.9 Å². The first-order chi connectivity index (χ1) is 16.5. The highest BCUT2D eigenvalue weighted by Gasteiger charge is 2.26. The number of unbranched alkanes of at least 4 members (excludes halogenated alkanes) is 9. The second kappa shape index (κ2) is 20.1. The fourth-order valence-electron chi connectivity index (χ4n) is 3.19. The molecule has 2 atom stereocenters. The summed E-state index contributed by atoms with van der Waals surface area (Å²) in [6, 6.07) is 0. The SMILES string of the molecule is CCCCCCCCCCC(=O)OC[C@H](COP(=O)(O)OCC[N+](C)(C)C)OC(=O)CCCCC. The van der Waals surface area contributed by atoms with Crippen molar-refractivity contribution < 1.29 is 42.1 Å². The summed E-state index contributed by atoms with van der Waals surface area (Å²) < 4.78 is 33.4. The zero-order valence-corrected chi connectivity index (χ0v) is 23.7. The minimum atomic E-state index is -4.33. The smallest absolute Gasteiger partial charge is 0.462 e. The predicted molar refractivity (Wildman–Crippen MR) is 137 cm³/mol. The van der Waals surface area contributed by atoms with Crippen molar-refractivity contribution in [2.24, 2.45) is 0 Å². The molecule has 9 nitrogen and oxygen atoms in total. The van der Waals surface area contributed by atoms with Crippen LogP contribution in [0, 0.1) is 0 Å². The molecule has 0 amide bonds. The first-order valence-electron chi connectivity index (χ1n) is 13.3. The van der Waals surface area contributed by atoms with Gasteiger partial charge in [0.1, 0.15) is 19.8 Å². The number of quaternary nitrogens is 1. The molecular weight excluding hydrogens is 473 g/mol. The van der Waals surface area contributed by atoms with E-state index in [1.165, 1.54) is 32.1 Å². The molecule has 0 aromatic carbocycles. The molecule has 0 spiro atoms. The molecule has 0 aliphatic carbocycles. The lowest BCUT2D eigenvalue weighted by molar-refractivity contribution is -0.870. The molecule has 0 saturated heterocycles. The standard InChI is InChI=1S/C25H50NO8P/c1-6-8-10-11-12-13-14-16-17-24(27)31-21-23(34-25(28)18-15-9-7-2)22-33-35(29,30)32-20-19-26(3,4)5/h23H,6-22H2,1-5H3/p+1/t23-/m1/s1. The number of rotatable bonds is 23. The number of hydrogen-bond donors (Lipinski definition) is 1. The van der Waals surface area contributed by atoms with E-state index in [2.05, 4.69) is 6.92 Å². The lowest BCUT2D eigenvalue weighted by Gasteiger charge is -2.24. The summed E-state index contributed by atoms with van der Waals surface area (Å²) in [6.07, 6.45) is 11.1. The quantitative estimate of drug-likeness (QED) is 0.0820. The summed E-state index contributed by atoms with van der Waals surface area (Å²) in [5.74, 6) is -0.834. The molecule has 0 bridgehead atoms. The van der Waals surface area contributed by atoms with E-state index in [-0.39, 0.29) is 25.6 Å². The van der Waals surface area contributed by atoms with Crippen LogP contribution in [0.1, 0.15) is 97.3 Å². The Bertz CT molecular complexity index is 609. The molecule has 10 heteroatoms. The van der Waals surface area contributed by atoms with Gasteiger partial charge in [0.15, 0.2) is 6.10 Å². The van der Waals surface area contributed by atoms with Gasteiger partial charge in [0.2, 0.25) is 0 Å². The van der Waals surface area contributed by atoms with E-state index in [9.17, 15) is 19.0 Å². The van der Waals surface area contributed by atoms with Crippen molar-refractivity contribution in [2.75, 3.05) is 47.5 Å². The van der Waals surface area contributed by atoms with Crippen LogP contribution in [0.3, 0.4) is 0 Å². The summed E-state index contributed by atoms with van der Waals surface area (Å²) >= 11 is 0. The fourth-order valence-corrected chi connectivity index (χ4v) is 3.93. The monoisotopic (exact) mass is 524 g/mol. The molecule has 0 aliphatic heterocycles. The maximum atomic E-state index is 12.2. The van der Waals surface area contributed by atoms with Crippen molar-refractivity contribution in [1.29, 1.82) is 0 Å². The number of phosphoric acid groups is 1. The number of hydrogen-bond acceptors (Lipinski definition) is 7. The van der Waals surface area contributed by atoms with Gasteiger partial charge in [-0.25, -0.2) is 4.57 Å². The van der Waals surface area contributed by atoms with Gasteiger partial charge in [0.05, 0.1) is 27.7 Å². The molecule has 0 saturated carbocycles. The van der Waals surface area contributed by atoms with E-state index in [4.69, 9.17) is 18.5 Å². The molecule has 208 valence electrons. The van der Waals surface area contributed by atoms with Crippen molar-refractivity contribution in [3.63, 3.8) is 0 Å². The van der Waals surface area contributed by atoms with Gasteiger partial charge in [-0.05, 0) is 12.8 Å². The van der Waals surface area contributed by atoms with E-state index in [1.54, 1.807) is 0 Å². The van der Waals surface area contributed by atoms with Crippen LogP contribution in [-0.2, 0) is 32.7 Å². The van der Waals surface area contributed by atoms with Crippen LogP contribution < -0.4 is 0 Å². The maximum Gasteiger partial charge on any atom is 0.472 e. The number of likely N-dealkylation sites (N-methyl/N-ethyl adjacent to an activating group) is 1. The van der Waals surface area contributed by atoms with Crippen LogP contribution in [0.4, 0.5) is 0 Å². The number of carbonyl (C=O) groups excluding carboxylic acids is 2.